The predicted molar refractivity (Wildman–Crippen MR) is 80.6 cm³/mol. The second-order valence-corrected chi connectivity index (χ2v) is 6.26. The molecule has 1 fully saturated rings. The van der Waals surface area contributed by atoms with Crippen LogP contribution in [-0.4, -0.2) is 37.2 Å². The smallest absolute Gasteiger partial charge is 0.238 e. The van der Waals surface area contributed by atoms with E-state index in [9.17, 15) is 4.79 Å². The first-order valence-corrected chi connectivity index (χ1v) is 7.52. The second-order valence-electron chi connectivity index (χ2n) is 6.26. The van der Waals surface area contributed by atoms with Gasteiger partial charge in [-0.3, -0.25) is 9.69 Å². The summed E-state index contributed by atoms with van der Waals surface area (Å²) in [6, 6.07) is 5.47. The summed E-state index contributed by atoms with van der Waals surface area (Å²) in [6.45, 7) is 7.19. The Morgan fingerprint density at radius 3 is 2.71 bits per heavy atom. The summed E-state index contributed by atoms with van der Waals surface area (Å²) in [4.78, 5) is 14.4. The van der Waals surface area contributed by atoms with Gasteiger partial charge in [-0.2, -0.15) is 0 Å². The molecular formula is C16H22N2O3. The average molecular weight is 290 g/mol. The van der Waals surface area contributed by atoms with Gasteiger partial charge in [0.25, 0.3) is 0 Å². The third-order valence-corrected chi connectivity index (χ3v) is 3.97. The number of carbonyl (C=O) groups excluding carboxylic acids is 1. The van der Waals surface area contributed by atoms with Crippen molar-refractivity contribution in [3.63, 3.8) is 0 Å². The van der Waals surface area contributed by atoms with Gasteiger partial charge in [-0.25, -0.2) is 0 Å². The van der Waals surface area contributed by atoms with Crippen LogP contribution in [0.5, 0.6) is 11.5 Å². The first-order chi connectivity index (χ1) is 10.1. The van der Waals surface area contributed by atoms with Crippen molar-refractivity contribution in [1.29, 1.82) is 0 Å². The zero-order valence-corrected chi connectivity index (χ0v) is 12.6. The molecule has 0 bridgehead atoms. The molecule has 0 spiro atoms. The molecule has 1 amide bonds. The van der Waals surface area contributed by atoms with E-state index in [4.69, 9.17) is 9.47 Å². The van der Waals surface area contributed by atoms with Crippen molar-refractivity contribution in [1.82, 2.24) is 4.90 Å². The molecule has 5 nitrogen and oxygen atoms in total. The lowest BCUT2D eigenvalue weighted by Gasteiger charge is -2.34. The molecule has 0 unspecified atom stereocenters. The van der Waals surface area contributed by atoms with Crippen LogP contribution in [0, 0.1) is 11.8 Å². The molecule has 2 heterocycles. The molecule has 2 atom stereocenters. The Morgan fingerprint density at radius 1 is 1.24 bits per heavy atom. The lowest BCUT2D eigenvalue weighted by atomic mass is 9.92. The van der Waals surface area contributed by atoms with Gasteiger partial charge in [-0.15, -0.1) is 0 Å². The van der Waals surface area contributed by atoms with E-state index in [1.807, 2.05) is 18.2 Å². The number of hydrogen-bond donors (Lipinski definition) is 1. The maximum absolute atomic E-state index is 12.2. The SMILES string of the molecule is C[C@@H]1C[C@@H](C)CN(CC(=O)Nc2ccc3c(c2)OCO3)C1. The van der Waals surface area contributed by atoms with Crippen LogP contribution in [0.2, 0.25) is 0 Å². The molecule has 0 aliphatic carbocycles. The summed E-state index contributed by atoms with van der Waals surface area (Å²) in [5.41, 5.74) is 0.752. The van der Waals surface area contributed by atoms with E-state index in [-0.39, 0.29) is 12.7 Å². The van der Waals surface area contributed by atoms with E-state index in [0.717, 1.165) is 24.5 Å². The van der Waals surface area contributed by atoms with Gasteiger partial charge in [0.15, 0.2) is 11.5 Å². The number of benzene rings is 1. The van der Waals surface area contributed by atoms with Crippen LogP contribution in [0.3, 0.4) is 0 Å². The Morgan fingerprint density at radius 2 is 1.95 bits per heavy atom. The van der Waals surface area contributed by atoms with E-state index in [2.05, 4.69) is 24.1 Å². The molecule has 5 heteroatoms. The maximum atomic E-state index is 12.2. The molecule has 1 N–H and O–H groups in total. The highest BCUT2D eigenvalue weighted by molar-refractivity contribution is 5.92. The lowest BCUT2D eigenvalue weighted by molar-refractivity contribution is -0.117. The molecule has 2 aliphatic heterocycles. The fourth-order valence-corrected chi connectivity index (χ4v) is 3.30. The van der Waals surface area contributed by atoms with E-state index < -0.39 is 0 Å². The van der Waals surface area contributed by atoms with Crippen LogP contribution in [0.1, 0.15) is 20.3 Å². The standard InChI is InChI=1S/C16H22N2O3/c1-11-5-12(2)8-18(7-11)9-16(19)17-13-3-4-14-15(6-13)21-10-20-14/h3-4,6,11-12H,5,7-10H2,1-2H3,(H,17,19)/t11-,12-/m1/s1. The molecular weight excluding hydrogens is 268 g/mol. The van der Waals surface area contributed by atoms with Crippen molar-refractivity contribution in [2.75, 3.05) is 31.7 Å². The quantitative estimate of drug-likeness (QED) is 0.928. The number of amides is 1. The van der Waals surface area contributed by atoms with Crippen LogP contribution in [0.4, 0.5) is 5.69 Å². The van der Waals surface area contributed by atoms with Crippen molar-refractivity contribution < 1.29 is 14.3 Å². The Balaban J connectivity index is 1.56. The molecule has 114 valence electrons. The highest BCUT2D eigenvalue weighted by Gasteiger charge is 2.23. The number of fused-ring (bicyclic) bond motifs is 1. The molecule has 0 radical (unpaired) electrons. The minimum atomic E-state index is 0.0233. The van der Waals surface area contributed by atoms with E-state index in [1.54, 1.807) is 0 Å². The number of nitrogens with zero attached hydrogens (tertiary/aromatic N) is 1. The summed E-state index contributed by atoms with van der Waals surface area (Å²) in [7, 11) is 0. The summed E-state index contributed by atoms with van der Waals surface area (Å²) in [6.07, 6.45) is 1.25. The van der Waals surface area contributed by atoms with E-state index in [1.165, 1.54) is 6.42 Å². The molecule has 3 rings (SSSR count). The van der Waals surface area contributed by atoms with Crippen LogP contribution in [0.15, 0.2) is 18.2 Å². The summed E-state index contributed by atoms with van der Waals surface area (Å²) in [5, 5.41) is 2.93. The van der Waals surface area contributed by atoms with Crippen molar-refractivity contribution in [2.24, 2.45) is 11.8 Å². The number of nitrogens with one attached hydrogen (secondary N) is 1. The van der Waals surface area contributed by atoms with Crippen LogP contribution < -0.4 is 14.8 Å². The number of ether oxygens (including phenoxy) is 2. The Hall–Kier alpha value is -1.75. The van der Waals surface area contributed by atoms with Gasteiger partial charge < -0.3 is 14.8 Å². The Kier molecular flexibility index (Phi) is 4.01. The third-order valence-electron chi connectivity index (χ3n) is 3.97. The highest BCUT2D eigenvalue weighted by Crippen LogP contribution is 2.34. The van der Waals surface area contributed by atoms with Crippen molar-refractivity contribution in [3.8, 4) is 11.5 Å². The summed E-state index contributed by atoms with van der Waals surface area (Å²) in [5.74, 6) is 2.76. The monoisotopic (exact) mass is 290 g/mol. The minimum absolute atomic E-state index is 0.0233. The molecule has 1 aromatic carbocycles. The number of piperidine rings is 1. The molecule has 1 saturated heterocycles. The number of likely N-dealkylation sites (tertiary alicyclic amines) is 1. The normalized spacial score (nSPS) is 24.9. The van der Waals surface area contributed by atoms with Gasteiger partial charge in [0.05, 0.1) is 6.54 Å². The molecule has 1 aromatic rings. The van der Waals surface area contributed by atoms with Gasteiger partial charge in [-0.05, 0) is 30.4 Å². The molecule has 2 aliphatic rings. The number of hydrogen-bond acceptors (Lipinski definition) is 4. The van der Waals surface area contributed by atoms with Crippen LogP contribution >= 0.6 is 0 Å². The minimum Gasteiger partial charge on any atom is -0.454 e. The molecule has 0 aromatic heterocycles. The Labute approximate surface area is 125 Å². The first-order valence-electron chi connectivity index (χ1n) is 7.52. The predicted octanol–water partition coefficient (Wildman–Crippen LogP) is 2.33. The lowest BCUT2D eigenvalue weighted by Crippen LogP contribution is -2.42. The van der Waals surface area contributed by atoms with E-state index >= 15 is 0 Å². The fraction of sp³-hybridized carbons (Fsp3) is 0.562. The van der Waals surface area contributed by atoms with Crippen molar-refractivity contribution in [3.05, 3.63) is 18.2 Å². The molecule has 0 saturated carbocycles. The van der Waals surface area contributed by atoms with Gasteiger partial charge in [0.2, 0.25) is 12.7 Å². The zero-order chi connectivity index (χ0) is 14.8. The van der Waals surface area contributed by atoms with Crippen LogP contribution in [0.25, 0.3) is 0 Å². The zero-order valence-electron chi connectivity index (χ0n) is 12.6. The number of carbonyl (C=O) groups is 1. The molecule has 21 heavy (non-hydrogen) atoms. The summed E-state index contributed by atoms with van der Waals surface area (Å²) >= 11 is 0. The highest BCUT2D eigenvalue weighted by atomic mass is 16.7. The van der Waals surface area contributed by atoms with Gasteiger partial charge in [-0.1, -0.05) is 13.8 Å². The second kappa shape index (κ2) is 5.93. The van der Waals surface area contributed by atoms with E-state index in [0.29, 0.717) is 24.1 Å². The van der Waals surface area contributed by atoms with Gasteiger partial charge in [0.1, 0.15) is 0 Å². The van der Waals surface area contributed by atoms with Crippen molar-refractivity contribution in [2.45, 2.75) is 20.3 Å². The van der Waals surface area contributed by atoms with Crippen molar-refractivity contribution >= 4 is 11.6 Å². The number of rotatable bonds is 3. The average Bonchev–Trinajstić information content (AvgIpc) is 2.84. The van der Waals surface area contributed by atoms with Gasteiger partial charge >= 0.3 is 0 Å². The largest absolute Gasteiger partial charge is 0.454 e. The maximum Gasteiger partial charge on any atom is 0.238 e. The topological polar surface area (TPSA) is 50.8 Å². The number of anilines is 1. The van der Waals surface area contributed by atoms with Gasteiger partial charge in [0, 0.05) is 24.8 Å². The third kappa shape index (κ3) is 3.47. The Bertz CT molecular complexity index is 522. The first kappa shape index (κ1) is 14.2. The fourth-order valence-electron chi connectivity index (χ4n) is 3.30. The van der Waals surface area contributed by atoms with Crippen LogP contribution in [-0.2, 0) is 4.79 Å². The summed E-state index contributed by atoms with van der Waals surface area (Å²) < 4.78 is 10.6.